The molecule has 16 nitrogen and oxygen atoms in total. The number of aliphatic carboxylic acids is 1. The van der Waals surface area contributed by atoms with Crippen LogP contribution >= 0.6 is 0 Å². The van der Waals surface area contributed by atoms with Crippen molar-refractivity contribution >= 4 is 35.5 Å². The van der Waals surface area contributed by atoms with Crippen molar-refractivity contribution < 1.29 is 39.0 Å². The summed E-state index contributed by atoms with van der Waals surface area (Å²) in [6, 6.07) is -5.82. The lowest BCUT2D eigenvalue weighted by Crippen LogP contribution is -2.58. The zero-order chi connectivity index (χ0) is 25.8. The van der Waals surface area contributed by atoms with Crippen LogP contribution in [0.4, 0.5) is 0 Å². The van der Waals surface area contributed by atoms with E-state index in [9.17, 15) is 33.9 Å². The molecule has 34 heavy (non-hydrogen) atoms. The predicted octanol–water partition coefficient (Wildman–Crippen LogP) is -5.05. The number of carbonyl (C=O) groups is 6. The summed E-state index contributed by atoms with van der Waals surface area (Å²) in [5.74, 6) is -6.12. The lowest BCUT2D eigenvalue weighted by molar-refractivity contribution is -0.142. The van der Waals surface area contributed by atoms with E-state index >= 15 is 0 Å². The monoisotopic (exact) mass is 484 g/mol. The van der Waals surface area contributed by atoms with Crippen molar-refractivity contribution in [3.8, 4) is 0 Å². The number of carbonyl (C=O) groups excluding carboxylic acids is 5. The van der Waals surface area contributed by atoms with E-state index < -0.39 is 72.7 Å². The summed E-state index contributed by atoms with van der Waals surface area (Å²) in [5.41, 5.74) is 16.0. The second-order valence-electron chi connectivity index (χ2n) is 7.27. The first kappa shape index (κ1) is 28.0. The maximum absolute atomic E-state index is 12.7. The summed E-state index contributed by atoms with van der Waals surface area (Å²) in [6.45, 7) is -0.727. The third-order valence-electron chi connectivity index (χ3n) is 4.48. The maximum Gasteiger partial charge on any atom is 0.326 e. The summed E-state index contributed by atoms with van der Waals surface area (Å²) in [7, 11) is 0. The van der Waals surface area contributed by atoms with Gasteiger partial charge in [0, 0.05) is 24.7 Å². The van der Waals surface area contributed by atoms with E-state index in [0.29, 0.717) is 5.69 Å². The number of aliphatic hydroxyl groups excluding tert-OH is 1. The van der Waals surface area contributed by atoms with Crippen molar-refractivity contribution in [1.82, 2.24) is 25.9 Å². The summed E-state index contributed by atoms with van der Waals surface area (Å²) < 4.78 is 0. The first-order chi connectivity index (χ1) is 15.9. The molecular formula is C18H28N8O8. The third-order valence-corrected chi connectivity index (χ3v) is 4.48. The number of primary amides is 2. The number of hydrogen-bond acceptors (Lipinski definition) is 9. The van der Waals surface area contributed by atoms with Gasteiger partial charge in [-0.1, -0.05) is 0 Å². The van der Waals surface area contributed by atoms with Crippen LogP contribution in [0, 0.1) is 0 Å². The Morgan fingerprint density at radius 2 is 1.53 bits per heavy atom. The quantitative estimate of drug-likeness (QED) is 0.114. The zero-order valence-electron chi connectivity index (χ0n) is 18.0. The highest BCUT2D eigenvalue weighted by molar-refractivity contribution is 5.96. The fourth-order valence-electron chi connectivity index (χ4n) is 2.69. The van der Waals surface area contributed by atoms with Crippen LogP contribution in [0.1, 0.15) is 25.0 Å². The molecule has 0 aliphatic heterocycles. The van der Waals surface area contributed by atoms with Gasteiger partial charge in [-0.25, -0.2) is 9.78 Å². The van der Waals surface area contributed by atoms with Gasteiger partial charge in [-0.3, -0.25) is 24.0 Å². The minimum Gasteiger partial charge on any atom is -0.480 e. The Morgan fingerprint density at radius 3 is 2.03 bits per heavy atom. The smallest absolute Gasteiger partial charge is 0.326 e. The molecule has 0 fully saturated rings. The van der Waals surface area contributed by atoms with E-state index in [1.165, 1.54) is 12.5 Å². The van der Waals surface area contributed by atoms with Crippen LogP contribution in [0.15, 0.2) is 12.5 Å². The molecule has 1 aromatic heterocycles. The number of nitrogens with two attached hydrogens (primary N) is 3. The van der Waals surface area contributed by atoms with Crippen LogP contribution in [-0.2, 0) is 35.2 Å². The molecule has 5 amide bonds. The second-order valence-corrected chi connectivity index (χ2v) is 7.27. The Bertz CT molecular complexity index is 891. The highest BCUT2D eigenvalue weighted by Crippen LogP contribution is 2.04. The first-order valence-corrected chi connectivity index (χ1v) is 9.98. The molecule has 0 saturated carbocycles. The first-order valence-electron chi connectivity index (χ1n) is 9.98. The second kappa shape index (κ2) is 13.5. The van der Waals surface area contributed by atoms with Crippen molar-refractivity contribution in [2.45, 2.75) is 49.9 Å². The molecular weight excluding hydrogens is 456 g/mol. The zero-order valence-corrected chi connectivity index (χ0v) is 18.0. The van der Waals surface area contributed by atoms with E-state index in [1.807, 2.05) is 0 Å². The Labute approximate surface area is 193 Å². The van der Waals surface area contributed by atoms with Crippen LogP contribution < -0.4 is 33.2 Å². The standard InChI is InChI=1S/C18H28N8O8/c19-9(6-27)15(30)24-10(1-2-13(20)28)16(31)25-11(4-14(21)29)17(32)26-12(18(33)34)3-8-5-22-7-23-8/h5,7,9-12,27H,1-4,6,19H2,(H2,20,28)(H2,21,29)(H,22,23)(H,24,30)(H,25,31)(H,26,32)(H,33,34). The van der Waals surface area contributed by atoms with Crippen LogP contribution in [0.25, 0.3) is 0 Å². The predicted molar refractivity (Wildman–Crippen MR) is 113 cm³/mol. The number of rotatable bonds is 15. The topological polar surface area (TPSA) is 286 Å². The van der Waals surface area contributed by atoms with Gasteiger partial charge in [0.05, 0.1) is 19.4 Å². The molecule has 1 heterocycles. The Hall–Kier alpha value is -4.05. The van der Waals surface area contributed by atoms with E-state index in [2.05, 4.69) is 25.9 Å². The maximum atomic E-state index is 12.7. The molecule has 12 N–H and O–H groups in total. The number of carboxylic acids is 1. The van der Waals surface area contributed by atoms with Crippen molar-refractivity contribution in [2.24, 2.45) is 17.2 Å². The molecule has 0 aliphatic rings. The number of nitrogens with zero attached hydrogens (tertiary/aromatic N) is 1. The van der Waals surface area contributed by atoms with Gasteiger partial charge in [0.25, 0.3) is 0 Å². The summed E-state index contributed by atoms with van der Waals surface area (Å²) in [5, 5.41) is 25.0. The van der Waals surface area contributed by atoms with Crippen molar-refractivity contribution in [3.05, 3.63) is 18.2 Å². The van der Waals surface area contributed by atoms with Gasteiger partial charge >= 0.3 is 5.97 Å². The molecule has 0 bridgehead atoms. The molecule has 0 radical (unpaired) electrons. The normalized spacial score (nSPS) is 14.2. The molecule has 1 rings (SSSR count). The molecule has 0 aromatic carbocycles. The molecule has 1 aromatic rings. The van der Waals surface area contributed by atoms with Crippen molar-refractivity contribution in [3.63, 3.8) is 0 Å². The number of hydrogen-bond donors (Lipinski definition) is 9. The third kappa shape index (κ3) is 9.61. The van der Waals surface area contributed by atoms with Crippen LogP contribution in [0.2, 0.25) is 0 Å². The number of aliphatic hydroxyl groups is 1. The van der Waals surface area contributed by atoms with Gasteiger partial charge in [0.15, 0.2) is 0 Å². The summed E-state index contributed by atoms with van der Waals surface area (Å²) >= 11 is 0. The van der Waals surface area contributed by atoms with Gasteiger partial charge in [-0.2, -0.15) is 0 Å². The van der Waals surface area contributed by atoms with E-state index in [1.54, 1.807) is 0 Å². The SMILES string of the molecule is NC(=O)CCC(NC(=O)C(N)CO)C(=O)NC(CC(N)=O)C(=O)NC(Cc1cnc[nH]1)C(=O)O. The number of aromatic nitrogens is 2. The molecule has 16 heteroatoms. The molecule has 4 atom stereocenters. The number of H-pyrrole nitrogens is 1. The molecule has 0 aliphatic carbocycles. The fraction of sp³-hybridized carbons (Fsp3) is 0.500. The summed E-state index contributed by atoms with van der Waals surface area (Å²) in [4.78, 5) is 77.9. The molecule has 0 spiro atoms. The number of nitrogens with one attached hydrogen (secondary N) is 4. The Balaban J connectivity index is 2.99. The summed E-state index contributed by atoms with van der Waals surface area (Å²) in [6.07, 6.45) is 1.19. The number of carboxylic acid groups (broad SMARTS) is 1. The molecule has 188 valence electrons. The van der Waals surface area contributed by atoms with Gasteiger partial charge in [0.2, 0.25) is 29.5 Å². The number of amides is 5. The van der Waals surface area contributed by atoms with Gasteiger partial charge in [0.1, 0.15) is 24.2 Å². The van der Waals surface area contributed by atoms with Crippen molar-refractivity contribution in [1.29, 1.82) is 0 Å². The molecule has 0 saturated heterocycles. The van der Waals surface area contributed by atoms with Gasteiger partial charge in [-0.15, -0.1) is 0 Å². The average molecular weight is 484 g/mol. The largest absolute Gasteiger partial charge is 0.480 e. The van der Waals surface area contributed by atoms with E-state index in [4.69, 9.17) is 22.3 Å². The van der Waals surface area contributed by atoms with Crippen LogP contribution in [0.3, 0.4) is 0 Å². The number of aromatic amines is 1. The Kier molecular flexibility index (Phi) is 11.1. The van der Waals surface area contributed by atoms with Crippen LogP contribution in [-0.4, -0.2) is 86.5 Å². The Morgan fingerprint density at radius 1 is 0.941 bits per heavy atom. The average Bonchev–Trinajstić information content (AvgIpc) is 3.27. The highest BCUT2D eigenvalue weighted by Gasteiger charge is 2.31. The van der Waals surface area contributed by atoms with Crippen molar-refractivity contribution in [2.75, 3.05) is 6.61 Å². The molecule has 4 unspecified atom stereocenters. The number of imidazole rings is 1. The van der Waals surface area contributed by atoms with E-state index in [0.717, 1.165) is 0 Å². The highest BCUT2D eigenvalue weighted by atomic mass is 16.4. The fourth-order valence-corrected chi connectivity index (χ4v) is 2.69. The van der Waals surface area contributed by atoms with E-state index in [-0.39, 0.29) is 19.3 Å². The van der Waals surface area contributed by atoms with Gasteiger partial charge in [-0.05, 0) is 6.42 Å². The van der Waals surface area contributed by atoms with Gasteiger partial charge < -0.3 is 48.3 Å². The van der Waals surface area contributed by atoms with Crippen LogP contribution in [0.5, 0.6) is 0 Å². The lowest BCUT2D eigenvalue weighted by Gasteiger charge is -2.24. The minimum atomic E-state index is -1.60. The minimum absolute atomic E-state index is 0.172. The lowest BCUT2D eigenvalue weighted by atomic mass is 10.1.